The Morgan fingerprint density at radius 1 is 1.00 bits per heavy atom. The fourth-order valence-electron chi connectivity index (χ4n) is 1.65. The lowest BCUT2D eigenvalue weighted by molar-refractivity contribution is 0.101. The van der Waals surface area contributed by atoms with Gasteiger partial charge in [-0.2, -0.15) is 0 Å². The predicted octanol–water partition coefficient (Wildman–Crippen LogP) is 3.09. The molecule has 20 heavy (non-hydrogen) atoms. The molecule has 0 aliphatic carbocycles. The smallest absolute Gasteiger partial charge is 0.181 e. The largest absolute Gasteiger partial charge is 0.293 e. The van der Waals surface area contributed by atoms with E-state index in [-0.39, 0.29) is 4.90 Å². The Morgan fingerprint density at radius 2 is 1.60 bits per heavy atom. The molecule has 0 saturated heterocycles. The average molecular weight is 298 g/mol. The molecule has 0 aromatic heterocycles. The highest BCUT2D eigenvalue weighted by Gasteiger charge is 2.20. The number of Topliss-reactive ketones (excluding diaryl/α,β-unsaturated/α-hetero) is 1. The first-order chi connectivity index (χ1) is 9.49. The highest BCUT2D eigenvalue weighted by atomic mass is 32.2. The molecule has 0 aliphatic heterocycles. The molecule has 2 aromatic carbocycles. The van der Waals surface area contributed by atoms with Gasteiger partial charge in [0.2, 0.25) is 0 Å². The first-order valence-electron chi connectivity index (χ1n) is 5.60. The first-order valence-corrected chi connectivity index (χ1v) is 6.92. The van der Waals surface area contributed by atoms with Crippen molar-refractivity contribution in [3.63, 3.8) is 0 Å². The van der Waals surface area contributed by atoms with Crippen molar-refractivity contribution < 1.29 is 22.2 Å². The molecule has 0 bridgehead atoms. The summed E-state index contributed by atoms with van der Waals surface area (Å²) in [5.74, 6) is -4.15. The monoisotopic (exact) mass is 298 g/mol. The number of carbonyl (C=O) groups excluding carboxylic acids is 1. The molecule has 2 nitrogen and oxygen atoms in total. The summed E-state index contributed by atoms with van der Waals surface area (Å²) in [7, 11) is -1.86. The van der Waals surface area contributed by atoms with Crippen LogP contribution in [0.5, 0.6) is 0 Å². The fraction of sp³-hybridized carbons (Fsp3) is 0.0714. The molecule has 0 spiro atoms. The summed E-state index contributed by atoms with van der Waals surface area (Å²) < 4.78 is 51.7. The Balaban J connectivity index is 2.22. The number of hydrogen-bond acceptors (Lipinski definition) is 2. The van der Waals surface area contributed by atoms with Crippen LogP contribution >= 0.6 is 0 Å². The van der Waals surface area contributed by atoms with Crippen LogP contribution in [0.25, 0.3) is 0 Å². The number of rotatable bonds is 4. The van der Waals surface area contributed by atoms with Gasteiger partial charge < -0.3 is 0 Å². The van der Waals surface area contributed by atoms with Crippen molar-refractivity contribution in [2.75, 3.05) is 5.75 Å². The molecule has 0 saturated carbocycles. The van der Waals surface area contributed by atoms with Gasteiger partial charge in [0, 0.05) is 4.90 Å². The second kappa shape index (κ2) is 6.00. The van der Waals surface area contributed by atoms with Crippen molar-refractivity contribution in [1.29, 1.82) is 0 Å². The molecule has 0 amide bonds. The SMILES string of the molecule is O=C(CS(=O)c1cccc(F)c1)c1c(F)cccc1F. The van der Waals surface area contributed by atoms with E-state index in [0.717, 1.165) is 24.3 Å². The molecule has 104 valence electrons. The second-order valence-electron chi connectivity index (χ2n) is 3.97. The normalized spacial score (nSPS) is 12.2. The third kappa shape index (κ3) is 3.14. The van der Waals surface area contributed by atoms with E-state index in [4.69, 9.17) is 0 Å². The molecule has 2 rings (SSSR count). The molecule has 2 aromatic rings. The first kappa shape index (κ1) is 14.5. The number of benzene rings is 2. The summed E-state index contributed by atoms with van der Waals surface area (Å²) in [6, 6.07) is 7.93. The van der Waals surface area contributed by atoms with Crippen LogP contribution < -0.4 is 0 Å². The van der Waals surface area contributed by atoms with E-state index in [1.807, 2.05) is 0 Å². The van der Waals surface area contributed by atoms with Crippen molar-refractivity contribution in [2.24, 2.45) is 0 Å². The zero-order valence-corrected chi connectivity index (χ0v) is 10.9. The number of ketones is 1. The van der Waals surface area contributed by atoms with Gasteiger partial charge in [0.15, 0.2) is 5.78 Å². The lowest BCUT2D eigenvalue weighted by atomic mass is 10.1. The van der Waals surface area contributed by atoms with E-state index in [1.54, 1.807) is 0 Å². The molecule has 0 radical (unpaired) electrons. The standard InChI is InChI=1S/C14H9F3O2S/c15-9-3-1-4-10(7-9)20(19)8-13(18)14-11(16)5-2-6-12(14)17/h1-7H,8H2. The van der Waals surface area contributed by atoms with Crippen molar-refractivity contribution >= 4 is 16.6 Å². The third-order valence-electron chi connectivity index (χ3n) is 2.56. The Kier molecular flexibility index (Phi) is 4.34. The third-order valence-corrected chi connectivity index (χ3v) is 3.87. The van der Waals surface area contributed by atoms with Gasteiger partial charge in [0.1, 0.15) is 17.5 Å². The predicted molar refractivity (Wildman–Crippen MR) is 68.4 cm³/mol. The quantitative estimate of drug-likeness (QED) is 0.813. The van der Waals surface area contributed by atoms with Crippen LogP contribution in [-0.4, -0.2) is 15.7 Å². The van der Waals surface area contributed by atoms with Crippen molar-refractivity contribution in [1.82, 2.24) is 0 Å². The van der Waals surface area contributed by atoms with Gasteiger partial charge in [-0.15, -0.1) is 0 Å². The van der Waals surface area contributed by atoms with Gasteiger partial charge in [0.05, 0.1) is 22.1 Å². The number of carbonyl (C=O) groups is 1. The van der Waals surface area contributed by atoms with E-state index in [0.29, 0.717) is 0 Å². The summed E-state index contributed by atoms with van der Waals surface area (Å²) in [4.78, 5) is 11.9. The van der Waals surface area contributed by atoms with E-state index >= 15 is 0 Å². The average Bonchev–Trinajstić information content (AvgIpc) is 2.38. The topological polar surface area (TPSA) is 34.1 Å². The van der Waals surface area contributed by atoms with E-state index in [9.17, 15) is 22.2 Å². The molecular formula is C14H9F3O2S. The molecule has 0 fully saturated rings. The minimum absolute atomic E-state index is 0.0927. The Labute approximate surface area is 115 Å². The number of hydrogen-bond donors (Lipinski definition) is 0. The van der Waals surface area contributed by atoms with E-state index < -0.39 is 45.4 Å². The second-order valence-corrected chi connectivity index (χ2v) is 5.42. The fourth-order valence-corrected chi connectivity index (χ4v) is 2.67. The van der Waals surface area contributed by atoms with Gasteiger partial charge in [0.25, 0.3) is 0 Å². The van der Waals surface area contributed by atoms with Crippen molar-refractivity contribution in [3.05, 3.63) is 65.5 Å². The van der Waals surface area contributed by atoms with Gasteiger partial charge in [-0.05, 0) is 30.3 Å². The van der Waals surface area contributed by atoms with Gasteiger partial charge in [-0.1, -0.05) is 12.1 Å². The highest BCUT2D eigenvalue weighted by molar-refractivity contribution is 7.85. The highest BCUT2D eigenvalue weighted by Crippen LogP contribution is 2.15. The zero-order valence-electron chi connectivity index (χ0n) is 10.1. The molecule has 6 heteroatoms. The van der Waals surface area contributed by atoms with Crippen LogP contribution in [0, 0.1) is 17.5 Å². The van der Waals surface area contributed by atoms with Crippen molar-refractivity contribution in [3.8, 4) is 0 Å². The summed E-state index contributed by atoms with van der Waals surface area (Å²) in [5.41, 5.74) is -0.725. The summed E-state index contributed by atoms with van der Waals surface area (Å²) in [6.07, 6.45) is 0. The summed E-state index contributed by atoms with van der Waals surface area (Å²) in [6.45, 7) is 0. The summed E-state index contributed by atoms with van der Waals surface area (Å²) in [5, 5.41) is 0. The Morgan fingerprint density at radius 3 is 2.20 bits per heavy atom. The molecule has 1 unspecified atom stereocenters. The van der Waals surface area contributed by atoms with Crippen LogP contribution in [0.15, 0.2) is 47.4 Å². The van der Waals surface area contributed by atoms with Gasteiger partial charge >= 0.3 is 0 Å². The van der Waals surface area contributed by atoms with Gasteiger partial charge in [-0.3, -0.25) is 9.00 Å². The lowest BCUT2D eigenvalue weighted by Crippen LogP contribution is -2.14. The Hall–Kier alpha value is -1.95. The van der Waals surface area contributed by atoms with Crippen LogP contribution in [0.1, 0.15) is 10.4 Å². The van der Waals surface area contributed by atoms with Crippen molar-refractivity contribution in [2.45, 2.75) is 4.90 Å². The van der Waals surface area contributed by atoms with Crippen LogP contribution in [0.2, 0.25) is 0 Å². The number of halogens is 3. The molecular weight excluding hydrogens is 289 g/mol. The van der Waals surface area contributed by atoms with Crippen LogP contribution in [-0.2, 0) is 10.8 Å². The van der Waals surface area contributed by atoms with E-state index in [2.05, 4.69) is 0 Å². The zero-order chi connectivity index (χ0) is 14.7. The van der Waals surface area contributed by atoms with E-state index in [1.165, 1.54) is 18.2 Å². The minimum atomic E-state index is -1.86. The molecule has 0 heterocycles. The summed E-state index contributed by atoms with van der Waals surface area (Å²) >= 11 is 0. The Bertz CT molecular complexity index is 666. The lowest BCUT2D eigenvalue weighted by Gasteiger charge is -2.04. The molecule has 0 N–H and O–H groups in total. The van der Waals surface area contributed by atoms with Crippen LogP contribution in [0.4, 0.5) is 13.2 Å². The van der Waals surface area contributed by atoms with Crippen LogP contribution in [0.3, 0.4) is 0 Å². The minimum Gasteiger partial charge on any atom is -0.293 e. The molecule has 1 atom stereocenters. The maximum Gasteiger partial charge on any atom is 0.181 e. The van der Waals surface area contributed by atoms with Gasteiger partial charge in [-0.25, -0.2) is 13.2 Å². The maximum atomic E-state index is 13.4. The molecule has 0 aliphatic rings. The maximum absolute atomic E-state index is 13.4.